The molecule has 0 bridgehead atoms. The Morgan fingerprint density at radius 1 is 1.08 bits per heavy atom. The van der Waals surface area contributed by atoms with Crippen molar-refractivity contribution in [3.8, 4) is 17.2 Å². The summed E-state index contributed by atoms with van der Waals surface area (Å²) in [6.45, 7) is 3.66. The van der Waals surface area contributed by atoms with Crippen molar-refractivity contribution in [1.29, 1.82) is 0 Å². The number of hydrogen-bond donors (Lipinski definition) is 2. The zero-order valence-corrected chi connectivity index (χ0v) is 30.2. The molecule has 4 aromatic rings. The smallest absolute Gasteiger partial charge is 0.260 e. The SMILES string of the molecule is COc1ccccc1NC(=O)C1=C(C)Nc2nc(SCc3ccccc3Cl)nn2C1c1cc(Br)c(OCC(=O)N2CCOCC2)c(OC)c1. The van der Waals surface area contributed by atoms with Crippen LogP contribution in [0, 0.1) is 0 Å². The van der Waals surface area contributed by atoms with Gasteiger partial charge in [-0.2, -0.15) is 4.98 Å². The van der Waals surface area contributed by atoms with Crippen LogP contribution in [0.3, 0.4) is 0 Å². The number of fused-ring (bicyclic) bond motifs is 1. The number of halogens is 2. The van der Waals surface area contributed by atoms with Crippen molar-refractivity contribution in [3.05, 3.63) is 92.6 Å². The Bertz CT molecular complexity index is 1900. The normalized spacial score (nSPS) is 15.7. The van der Waals surface area contributed by atoms with Gasteiger partial charge in [-0.05, 0) is 64.3 Å². The molecule has 0 radical (unpaired) electrons. The number of methoxy groups -OCH3 is 2. The maximum Gasteiger partial charge on any atom is 0.260 e. The predicted octanol–water partition coefficient (Wildman–Crippen LogP) is 6.17. The van der Waals surface area contributed by atoms with Gasteiger partial charge in [-0.1, -0.05) is 53.7 Å². The van der Waals surface area contributed by atoms with Crippen LogP contribution in [0.1, 0.15) is 24.1 Å². The molecule has 2 aliphatic rings. The monoisotopic (exact) mass is 768 g/mol. The van der Waals surface area contributed by atoms with Gasteiger partial charge in [0.25, 0.3) is 11.8 Å². The Balaban J connectivity index is 1.35. The van der Waals surface area contributed by atoms with Crippen molar-refractivity contribution in [1.82, 2.24) is 19.7 Å². The van der Waals surface area contributed by atoms with E-state index in [0.29, 0.717) is 92.4 Å². The summed E-state index contributed by atoms with van der Waals surface area (Å²) in [5, 5.41) is 12.3. The van der Waals surface area contributed by atoms with E-state index in [1.165, 1.54) is 18.9 Å². The maximum absolute atomic E-state index is 14.2. The quantitative estimate of drug-likeness (QED) is 0.171. The number of para-hydroxylation sites is 2. The fourth-order valence-corrected chi connectivity index (χ4v) is 7.25. The summed E-state index contributed by atoms with van der Waals surface area (Å²) in [5.41, 5.74) is 3.12. The van der Waals surface area contributed by atoms with E-state index in [1.54, 1.807) is 34.9 Å². The first kappa shape index (κ1) is 34.6. The largest absolute Gasteiger partial charge is 0.495 e. The highest BCUT2D eigenvalue weighted by Crippen LogP contribution is 2.43. The van der Waals surface area contributed by atoms with Crippen molar-refractivity contribution in [2.45, 2.75) is 23.9 Å². The van der Waals surface area contributed by atoms with Crippen LogP contribution in [-0.2, 0) is 20.1 Å². The molecular weight excluding hydrogens is 736 g/mol. The Morgan fingerprint density at radius 2 is 1.82 bits per heavy atom. The first-order chi connectivity index (χ1) is 23.8. The molecule has 49 heavy (non-hydrogen) atoms. The molecule has 256 valence electrons. The number of morpholine rings is 1. The Morgan fingerprint density at radius 3 is 2.57 bits per heavy atom. The van der Waals surface area contributed by atoms with Gasteiger partial charge in [0, 0.05) is 29.6 Å². The molecule has 3 heterocycles. The highest BCUT2D eigenvalue weighted by molar-refractivity contribution is 9.10. The lowest BCUT2D eigenvalue weighted by molar-refractivity contribution is -0.137. The van der Waals surface area contributed by atoms with Crippen molar-refractivity contribution < 1.29 is 28.5 Å². The number of nitrogens with one attached hydrogen (secondary N) is 2. The van der Waals surface area contributed by atoms with Gasteiger partial charge in [-0.3, -0.25) is 9.59 Å². The average molecular weight is 770 g/mol. The Hall–Kier alpha value is -4.24. The summed E-state index contributed by atoms with van der Waals surface area (Å²) in [6.07, 6.45) is 0. The number of thioether (sulfide) groups is 1. The maximum atomic E-state index is 14.2. The number of amides is 2. The van der Waals surface area contributed by atoms with Crippen LogP contribution in [-0.4, -0.2) is 78.6 Å². The standard InChI is InChI=1S/C34H34BrClN6O6S/c1-20-29(32(44)38-25-10-6-7-11-26(25)45-2)30(42-33(37-20)39-34(40-42)49-19-21-8-4-5-9-24(21)36)22-16-23(35)31(27(17-22)46-3)48-18-28(43)41-12-14-47-15-13-41/h4-11,16-17,30H,12-15,18-19H2,1-3H3,(H,38,44)(H,37,39,40). The average Bonchev–Trinajstić information content (AvgIpc) is 3.52. The summed E-state index contributed by atoms with van der Waals surface area (Å²) < 4.78 is 24.8. The summed E-state index contributed by atoms with van der Waals surface area (Å²) in [7, 11) is 3.07. The van der Waals surface area contributed by atoms with Crippen LogP contribution in [0.25, 0.3) is 0 Å². The number of aromatic nitrogens is 3. The number of allylic oxidation sites excluding steroid dienone is 1. The highest BCUT2D eigenvalue weighted by atomic mass is 79.9. The first-order valence-corrected chi connectivity index (χ1v) is 17.5. The number of hydrogen-bond acceptors (Lipinski definition) is 10. The van der Waals surface area contributed by atoms with Crippen LogP contribution in [0.5, 0.6) is 17.2 Å². The van der Waals surface area contributed by atoms with Gasteiger partial charge in [0.15, 0.2) is 18.1 Å². The summed E-state index contributed by atoms with van der Waals surface area (Å²) in [6, 6.07) is 17.7. The van der Waals surface area contributed by atoms with Crippen LogP contribution in [0.4, 0.5) is 11.6 Å². The fraction of sp³-hybridized carbons (Fsp3) is 0.294. The van der Waals surface area contributed by atoms with Crippen molar-refractivity contribution >= 4 is 62.7 Å². The lowest BCUT2D eigenvalue weighted by atomic mass is 9.94. The minimum atomic E-state index is -0.734. The number of rotatable bonds is 11. The van der Waals surface area contributed by atoms with E-state index in [1.807, 2.05) is 49.4 Å². The molecular formula is C34H34BrClN6O6S. The molecule has 1 fully saturated rings. The third-order valence-corrected chi connectivity index (χ3v) is 9.86. The zero-order chi connectivity index (χ0) is 34.5. The summed E-state index contributed by atoms with van der Waals surface area (Å²) in [5.74, 6) is 1.75. The van der Waals surface area contributed by atoms with E-state index >= 15 is 0 Å². The second kappa shape index (κ2) is 15.5. The van der Waals surface area contributed by atoms with E-state index in [0.717, 1.165) is 5.56 Å². The molecule has 1 aromatic heterocycles. The van der Waals surface area contributed by atoms with Crippen LogP contribution >= 0.6 is 39.3 Å². The molecule has 2 amide bonds. The van der Waals surface area contributed by atoms with E-state index < -0.39 is 6.04 Å². The Kier molecular flexibility index (Phi) is 11.0. The fourth-order valence-electron chi connectivity index (χ4n) is 5.57. The third kappa shape index (κ3) is 7.67. The second-order valence-corrected chi connectivity index (χ2v) is 13.3. The molecule has 1 unspecified atom stereocenters. The van der Waals surface area contributed by atoms with E-state index in [9.17, 15) is 9.59 Å². The van der Waals surface area contributed by atoms with Gasteiger partial charge in [-0.25, -0.2) is 4.68 Å². The molecule has 1 atom stereocenters. The van der Waals surface area contributed by atoms with Gasteiger partial charge in [-0.15, -0.1) is 5.10 Å². The van der Waals surface area contributed by atoms with E-state index in [4.69, 9.17) is 40.6 Å². The zero-order valence-electron chi connectivity index (χ0n) is 27.0. The van der Waals surface area contributed by atoms with Crippen molar-refractivity contribution in [2.24, 2.45) is 0 Å². The molecule has 12 nitrogen and oxygen atoms in total. The number of benzene rings is 3. The molecule has 0 saturated carbocycles. The lowest BCUT2D eigenvalue weighted by Gasteiger charge is -2.29. The topological polar surface area (TPSA) is 129 Å². The van der Waals surface area contributed by atoms with E-state index in [-0.39, 0.29) is 18.4 Å². The number of carbonyl (C=O) groups excluding carboxylic acids is 2. The van der Waals surface area contributed by atoms with E-state index in [2.05, 4.69) is 26.6 Å². The van der Waals surface area contributed by atoms with Crippen LogP contribution in [0.2, 0.25) is 5.02 Å². The number of ether oxygens (including phenoxy) is 4. The third-order valence-electron chi connectivity index (χ3n) is 8.02. The molecule has 15 heteroatoms. The van der Waals surface area contributed by atoms with Gasteiger partial charge >= 0.3 is 0 Å². The van der Waals surface area contributed by atoms with Crippen LogP contribution < -0.4 is 24.8 Å². The number of anilines is 2. The molecule has 3 aromatic carbocycles. The molecule has 0 aliphatic carbocycles. The number of nitrogens with zero attached hydrogens (tertiary/aromatic N) is 4. The first-order valence-electron chi connectivity index (χ1n) is 15.4. The number of carbonyl (C=O) groups is 2. The Labute approximate surface area is 301 Å². The van der Waals surface area contributed by atoms with Gasteiger partial charge < -0.3 is 34.5 Å². The van der Waals surface area contributed by atoms with Gasteiger partial charge in [0.05, 0.1) is 43.2 Å². The van der Waals surface area contributed by atoms with Crippen LogP contribution in [0.15, 0.2) is 81.6 Å². The molecule has 1 saturated heterocycles. The minimum Gasteiger partial charge on any atom is -0.495 e. The predicted molar refractivity (Wildman–Crippen MR) is 191 cm³/mol. The van der Waals surface area contributed by atoms with Crippen molar-refractivity contribution in [3.63, 3.8) is 0 Å². The lowest BCUT2D eigenvalue weighted by Crippen LogP contribution is -2.43. The summed E-state index contributed by atoms with van der Waals surface area (Å²) >= 11 is 11.5. The van der Waals surface area contributed by atoms with Crippen molar-refractivity contribution in [2.75, 3.05) is 57.8 Å². The molecule has 0 spiro atoms. The van der Waals surface area contributed by atoms with Gasteiger partial charge in [0.2, 0.25) is 11.1 Å². The molecule has 2 N–H and O–H groups in total. The molecule has 6 rings (SSSR count). The molecule has 2 aliphatic heterocycles. The minimum absolute atomic E-state index is 0.150. The second-order valence-electron chi connectivity index (χ2n) is 11.1. The summed E-state index contributed by atoms with van der Waals surface area (Å²) in [4.78, 5) is 33.5. The van der Waals surface area contributed by atoms with Gasteiger partial charge in [0.1, 0.15) is 11.8 Å². The highest BCUT2D eigenvalue weighted by Gasteiger charge is 2.36.